The van der Waals surface area contributed by atoms with Gasteiger partial charge in [0.25, 0.3) is 0 Å². The van der Waals surface area contributed by atoms with Gasteiger partial charge in [-0.05, 0) is 42.8 Å². The van der Waals surface area contributed by atoms with E-state index in [1.54, 1.807) is 41.3 Å². The Morgan fingerprint density at radius 3 is 2.54 bits per heavy atom. The zero-order valence-electron chi connectivity index (χ0n) is 19.8. The number of fused-ring (bicyclic) bond motifs is 1. The number of benzene rings is 2. The number of halogens is 3. The highest BCUT2D eigenvalue weighted by atomic mass is 19.4. The summed E-state index contributed by atoms with van der Waals surface area (Å²) in [5, 5.41) is 5.29. The number of nitrogens with zero attached hydrogens (tertiary/aromatic N) is 5. The molecule has 1 fully saturated rings. The molecular weight excluding hydrogens is 485 g/mol. The molecule has 0 spiro atoms. The van der Waals surface area contributed by atoms with Crippen molar-refractivity contribution < 1.29 is 22.7 Å². The topological polar surface area (TPSA) is 89.5 Å². The standard InChI is InChI=1S/C26H25F3N6O2/c27-26(28,29)37-21-10-9-18-6-4-12-31-22(18)24(21)34-14-5-13-33(16-17-34)23(25(30)36)20-11-15-35(32-20)19-7-2-1-3-8-19/h1-4,6-12,15,23H,5,13-14,16-17H2,(H2,30,36). The SMILES string of the molecule is NC(=O)C(c1ccn(-c2ccccc2)n1)N1CCCN(c2c(OC(F)(F)F)ccc3cccnc23)CC1. The molecule has 5 rings (SSSR count). The van der Waals surface area contributed by atoms with Crippen LogP contribution in [0.1, 0.15) is 18.2 Å². The van der Waals surface area contributed by atoms with E-state index in [1.807, 2.05) is 40.1 Å². The summed E-state index contributed by atoms with van der Waals surface area (Å²) in [5.74, 6) is -0.847. The summed E-state index contributed by atoms with van der Waals surface area (Å²) in [6.07, 6.45) is -0.950. The van der Waals surface area contributed by atoms with Crippen LogP contribution in [0.2, 0.25) is 0 Å². The lowest BCUT2D eigenvalue weighted by Gasteiger charge is -2.28. The van der Waals surface area contributed by atoms with Gasteiger partial charge < -0.3 is 15.4 Å². The van der Waals surface area contributed by atoms with Gasteiger partial charge in [-0.3, -0.25) is 14.7 Å². The van der Waals surface area contributed by atoms with Gasteiger partial charge in [0.05, 0.1) is 16.9 Å². The lowest BCUT2D eigenvalue weighted by molar-refractivity contribution is -0.274. The van der Waals surface area contributed by atoms with Crippen LogP contribution in [-0.4, -0.2) is 58.1 Å². The quantitative estimate of drug-likeness (QED) is 0.421. The van der Waals surface area contributed by atoms with Crippen LogP contribution in [0.4, 0.5) is 18.9 Å². The molecule has 2 aromatic heterocycles. The van der Waals surface area contributed by atoms with Crippen molar-refractivity contribution in [2.75, 3.05) is 31.1 Å². The Morgan fingerprint density at radius 2 is 1.78 bits per heavy atom. The number of para-hydroxylation sites is 1. The average molecular weight is 511 g/mol. The molecule has 0 radical (unpaired) electrons. The third kappa shape index (κ3) is 5.36. The number of primary amides is 1. The smallest absolute Gasteiger partial charge is 0.403 e. The molecule has 1 atom stereocenters. The van der Waals surface area contributed by atoms with Gasteiger partial charge in [-0.25, -0.2) is 4.68 Å². The van der Waals surface area contributed by atoms with E-state index >= 15 is 0 Å². The molecular formula is C26H25F3N6O2. The largest absolute Gasteiger partial charge is 0.573 e. The van der Waals surface area contributed by atoms with Gasteiger partial charge in [-0.2, -0.15) is 5.10 Å². The minimum absolute atomic E-state index is 0.279. The van der Waals surface area contributed by atoms with E-state index in [0.717, 1.165) is 5.69 Å². The number of hydrogen-bond donors (Lipinski definition) is 1. The predicted molar refractivity (Wildman–Crippen MR) is 132 cm³/mol. The number of aromatic nitrogens is 3. The van der Waals surface area contributed by atoms with Crippen LogP contribution < -0.4 is 15.4 Å². The van der Waals surface area contributed by atoms with Crippen LogP contribution in [0.3, 0.4) is 0 Å². The first-order valence-electron chi connectivity index (χ1n) is 11.8. The molecule has 2 N–H and O–H groups in total. The van der Waals surface area contributed by atoms with Crippen molar-refractivity contribution in [2.45, 2.75) is 18.8 Å². The molecule has 0 aliphatic carbocycles. The van der Waals surface area contributed by atoms with E-state index in [9.17, 15) is 18.0 Å². The summed E-state index contributed by atoms with van der Waals surface area (Å²) in [4.78, 5) is 20.7. The summed E-state index contributed by atoms with van der Waals surface area (Å²) in [6.45, 7) is 1.67. The lowest BCUT2D eigenvalue weighted by Crippen LogP contribution is -2.40. The molecule has 8 nitrogen and oxygen atoms in total. The third-order valence-corrected chi connectivity index (χ3v) is 6.33. The van der Waals surface area contributed by atoms with E-state index < -0.39 is 18.3 Å². The Morgan fingerprint density at radius 1 is 0.973 bits per heavy atom. The van der Waals surface area contributed by atoms with Crippen molar-refractivity contribution in [3.05, 3.63) is 78.8 Å². The predicted octanol–water partition coefficient (Wildman–Crippen LogP) is 4.06. The van der Waals surface area contributed by atoms with Crippen LogP contribution in [0, 0.1) is 0 Å². The van der Waals surface area contributed by atoms with E-state index in [0.29, 0.717) is 49.2 Å². The Balaban J connectivity index is 1.42. The summed E-state index contributed by atoms with van der Waals surface area (Å²) in [7, 11) is 0. The number of pyridine rings is 1. The van der Waals surface area contributed by atoms with Gasteiger partial charge >= 0.3 is 6.36 Å². The van der Waals surface area contributed by atoms with Crippen molar-refractivity contribution in [1.29, 1.82) is 0 Å². The highest BCUT2D eigenvalue weighted by Crippen LogP contribution is 2.39. The highest BCUT2D eigenvalue weighted by Gasteiger charge is 2.35. The number of anilines is 1. The summed E-state index contributed by atoms with van der Waals surface area (Å²) in [6, 6.07) is 16.9. The normalized spacial score (nSPS) is 15.9. The summed E-state index contributed by atoms with van der Waals surface area (Å²) < 4.78 is 45.7. The lowest BCUT2D eigenvalue weighted by atomic mass is 10.1. The minimum Gasteiger partial charge on any atom is -0.403 e. The van der Waals surface area contributed by atoms with Crippen LogP contribution in [0.25, 0.3) is 16.6 Å². The fourth-order valence-electron chi connectivity index (χ4n) is 4.76. The first kappa shape index (κ1) is 24.6. The molecule has 4 aromatic rings. The molecule has 1 amide bonds. The number of carbonyl (C=O) groups excluding carboxylic acids is 1. The molecule has 1 unspecified atom stereocenters. The molecule has 1 aliphatic rings. The Bertz CT molecular complexity index is 1390. The minimum atomic E-state index is -4.84. The van der Waals surface area contributed by atoms with Crippen LogP contribution in [0.5, 0.6) is 5.75 Å². The van der Waals surface area contributed by atoms with Crippen molar-refractivity contribution in [1.82, 2.24) is 19.7 Å². The average Bonchev–Trinajstić information content (AvgIpc) is 3.23. The fourth-order valence-corrected chi connectivity index (χ4v) is 4.76. The number of carbonyl (C=O) groups is 1. The number of alkyl halides is 3. The monoisotopic (exact) mass is 510 g/mol. The first-order chi connectivity index (χ1) is 17.8. The second kappa shape index (κ2) is 10.1. The molecule has 1 saturated heterocycles. The maximum absolute atomic E-state index is 13.2. The van der Waals surface area contributed by atoms with Crippen molar-refractivity contribution in [2.24, 2.45) is 5.73 Å². The van der Waals surface area contributed by atoms with E-state index in [2.05, 4.69) is 14.8 Å². The fraction of sp³-hybridized carbons (Fsp3) is 0.269. The molecule has 1 aliphatic heterocycles. The third-order valence-electron chi connectivity index (χ3n) is 6.33. The maximum Gasteiger partial charge on any atom is 0.573 e. The van der Waals surface area contributed by atoms with Crippen LogP contribution in [-0.2, 0) is 4.79 Å². The van der Waals surface area contributed by atoms with Gasteiger partial charge in [0, 0.05) is 44.0 Å². The summed E-state index contributed by atoms with van der Waals surface area (Å²) in [5.41, 5.74) is 7.87. The number of nitrogens with two attached hydrogens (primary N) is 1. The van der Waals surface area contributed by atoms with E-state index in [-0.39, 0.29) is 11.4 Å². The number of amides is 1. The highest BCUT2D eigenvalue weighted by molar-refractivity contribution is 5.94. The Kier molecular flexibility index (Phi) is 6.70. The number of ether oxygens (including phenoxy) is 1. The molecule has 37 heavy (non-hydrogen) atoms. The van der Waals surface area contributed by atoms with Crippen molar-refractivity contribution in [3.63, 3.8) is 0 Å². The van der Waals surface area contributed by atoms with Crippen LogP contribution in [0.15, 0.2) is 73.1 Å². The van der Waals surface area contributed by atoms with Gasteiger partial charge in [0.15, 0.2) is 5.75 Å². The molecule has 192 valence electrons. The van der Waals surface area contributed by atoms with E-state index in [4.69, 9.17) is 5.73 Å². The number of hydrogen-bond acceptors (Lipinski definition) is 6. The second-order valence-corrected chi connectivity index (χ2v) is 8.74. The first-order valence-corrected chi connectivity index (χ1v) is 11.8. The van der Waals surface area contributed by atoms with Gasteiger partial charge in [0.1, 0.15) is 11.7 Å². The molecule has 0 bridgehead atoms. The van der Waals surface area contributed by atoms with Gasteiger partial charge in [-0.1, -0.05) is 24.3 Å². The molecule has 11 heteroatoms. The zero-order chi connectivity index (χ0) is 26.0. The van der Waals surface area contributed by atoms with Crippen LogP contribution >= 0.6 is 0 Å². The van der Waals surface area contributed by atoms with Crippen molar-refractivity contribution >= 4 is 22.5 Å². The molecule has 2 aromatic carbocycles. The van der Waals surface area contributed by atoms with Gasteiger partial charge in [0.2, 0.25) is 5.91 Å². The number of rotatable bonds is 6. The Labute approximate surface area is 211 Å². The molecule has 3 heterocycles. The molecule has 0 saturated carbocycles. The van der Waals surface area contributed by atoms with Gasteiger partial charge in [-0.15, -0.1) is 13.2 Å². The zero-order valence-corrected chi connectivity index (χ0v) is 19.8. The Hall–Kier alpha value is -4.12. The maximum atomic E-state index is 13.2. The second-order valence-electron chi connectivity index (χ2n) is 8.74. The van der Waals surface area contributed by atoms with E-state index in [1.165, 1.54) is 6.07 Å². The summed E-state index contributed by atoms with van der Waals surface area (Å²) >= 11 is 0. The van der Waals surface area contributed by atoms with Crippen molar-refractivity contribution in [3.8, 4) is 11.4 Å².